The Hall–Kier alpha value is -0.530. The van der Waals surface area contributed by atoms with Gasteiger partial charge >= 0.3 is 5.97 Å². The summed E-state index contributed by atoms with van der Waals surface area (Å²) in [4.78, 5) is 11.2. The second-order valence-electron chi connectivity index (χ2n) is 5.54. The molecule has 0 bridgehead atoms. The molecular weight excluding hydrogens is 200 g/mol. The van der Waals surface area contributed by atoms with Crippen LogP contribution in [0.1, 0.15) is 59.3 Å². The number of carboxylic acid groups (broad SMARTS) is 1. The number of hydrogen-bond donors (Lipinski definition) is 1. The summed E-state index contributed by atoms with van der Waals surface area (Å²) >= 11 is 0. The van der Waals surface area contributed by atoms with E-state index >= 15 is 0 Å². The largest absolute Gasteiger partial charge is 0.481 e. The molecule has 2 nitrogen and oxygen atoms in total. The molecule has 0 aromatic rings. The fourth-order valence-electron chi connectivity index (χ4n) is 3.13. The summed E-state index contributed by atoms with van der Waals surface area (Å²) in [5, 5.41) is 9.25. The van der Waals surface area contributed by atoms with Crippen molar-refractivity contribution >= 4 is 5.97 Å². The highest BCUT2D eigenvalue weighted by Crippen LogP contribution is 2.38. The summed E-state index contributed by atoms with van der Waals surface area (Å²) in [6.07, 6.45) is 6.60. The van der Waals surface area contributed by atoms with Crippen LogP contribution in [-0.2, 0) is 4.79 Å². The summed E-state index contributed by atoms with van der Waals surface area (Å²) in [7, 11) is 0. The van der Waals surface area contributed by atoms with Crippen molar-refractivity contribution in [3.63, 3.8) is 0 Å². The van der Waals surface area contributed by atoms with Crippen LogP contribution < -0.4 is 0 Å². The Morgan fingerprint density at radius 1 is 1.31 bits per heavy atom. The van der Waals surface area contributed by atoms with E-state index in [2.05, 4.69) is 20.8 Å². The predicted octanol–water partition coefficient (Wildman–Crippen LogP) is 3.95. The molecule has 0 aromatic heterocycles. The Labute approximate surface area is 99.4 Å². The van der Waals surface area contributed by atoms with Crippen LogP contribution in [-0.4, -0.2) is 11.1 Å². The van der Waals surface area contributed by atoms with Crippen molar-refractivity contribution in [1.29, 1.82) is 0 Å². The van der Waals surface area contributed by atoms with Crippen LogP contribution in [0.4, 0.5) is 0 Å². The average molecular weight is 226 g/mol. The van der Waals surface area contributed by atoms with Gasteiger partial charge in [0.2, 0.25) is 0 Å². The van der Waals surface area contributed by atoms with Crippen LogP contribution >= 0.6 is 0 Å². The zero-order valence-electron chi connectivity index (χ0n) is 10.9. The highest BCUT2D eigenvalue weighted by atomic mass is 16.4. The Kier molecular flexibility index (Phi) is 5.30. The molecule has 1 N–H and O–H groups in total. The van der Waals surface area contributed by atoms with Crippen molar-refractivity contribution in [2.75, 3.05) is 0 Å². The smallest absolute Gasteiger partial charge is 0.306 e. The Morgan fingerprint density at radius 3 is 2.44 bits per heavy atom. The van der Waals surface area contributed by atoms with E-state index in [1.54, 1.807) is 0 Å². The van der Waals surface area contributed by atoms with Gasteiger partial charge in [0.25, 0.3) is 0 Å². The summed E-state index contributed by atoms with van der Waals surface area (Å²) < 4.78 is 0. The number of hydrogen-bond acceptors (Lipinski definition) is 1. The molecule has 0 saturated heterocycles. The minimum Gasteiger partial charge on any atom is -0.481 e. The molecule has 0 spiro atoms. The number of carbonyl (C=O) groups is 1. The zero-order valence-corrected chi connectivity index (χ0v) is 10.9. The second-order valence-corrected chi connectivity index (χ2v) is 5.54. The Morgan fingerprint density at radius 2 is 1.94 bits per heavy atom. The molecule has 3 unspecified atom stereocenters. The van der Waals surface area contributed by atoms with Gasteiger partial charge in [0, 0.05) is 0 Å². The molecule has 3 atom stereocenters. The molecule has 16 heavy (non-hydrogen) atoms. The molecule has 2 heteroatoms. The SMILES string of the molecule is CCC(CC)CC1CC(C)CCC1C(=O)O. The maximum absolute atomic E-state index is 11.2. The maximum atomic E-state index is 11.2. The van der Waals surface area contributed by atoms with Gasteiger partial charge in [0.05, 0.1) is 5.92 Å². The molecule has 1 aliphatic rings. The van der Waals surface area contributed by atoms with Gasteiger partial charge in [-0.3, -0.25) is 4.79 Å². The van der Waals surface area contributed by atoms with Crippen LogP contribution in [0.5, 0.6) is 0 Å². The minimum atomic E-state index is -0.567. The maximum Gasteiger partial charge on any atom is 0.306 e. The number of rotatable bonds is 5. The van der Waals surface area contributed by atoms with E-state index in [0.717, 1.165) is 37.5 Å². The van der Waals surface area contributed by atoms with Crippen molar-refractivity contribution in [2.45, 2.75) is 59.3 Å². The predicted molar refractivity (Wildman–Crippen MR) is 66.3 cm³/mol. The van der Waals surface area contributed by atoms with Gasteiger partial charge in [0.1, 0.15) is 0 Å². The van der Waals surface area contributed by atoms with E-state index in [0.29, 0.717) is 5.92 Å². The highest BCUT2D eigenvalue weighted by molar-refractivity contribution is 5.70. The molecule has 0 radical (unpaired) electrons. The lowest BCUT2D eigenvalue weighted by atomic mass is 9.70. The van der Waals surface area contributed by atoms with E-state index in [4.69, 9.17) is 0 Å². The first kappa shape index (κ1) is 13.5. The summed E-state index contributed by atoms with van der Waals surface area (Å²) in [6, 6.07) is 0. The van der Waals surface area contributed by atoms with E-state index < -0.39 is 5.97 Å². The molecule has 1 saturated carbocycles. The molecule has 0 heterocycles. The molecule has 0 aromatic carbocycles. The molecule has 1 fully saturated rings. The highest BCUT2D eigenvalue weighted by Gasteiger charge is 2.34. The third-order valence-electron chi connectivity index (χ3n) is 4.35. The zero-order chi connectivity index (χ0) is 12.1. The van der Waals surface area contributed by atoms with Gasteiger partial charge in [-0.25, -0.2) is 0 Å². The lowest BCUT2D eigenvalue weighted by Crippen LogP contribution is -2.31. The lowest BCUT2D eigenvalue weighted by Gasteiger charge is -2.34. The van der Waals surface area contributed by atoms with Gasteiger partial charge in [-0.2, -0.15) is 0 Å². The second kappa shape index (κ2) is 6.27. The molecular formula is C14H26O2. The summed E-state index contributed by atoms with van der Waals surface area (Å²) in [5.41, 5.74) is 0. The normalized spacial score (nSPS) is 30.6. The third-order valence-corrected chi connectivity index (χ3v) is 4.35. The van der Waals surface area contributed by atoms with Gasteiger partial charge in [-0.15, -0.1) is 0 Å². The van der Waals surface area contributed by atoms with Crippen molar-refractivity contribution in [1.82, 2.24) is 0 Å². The van der Waals surface area contributed by atoms with Gasteiger partial charge in [-0.05, 0) is 43.4 Å². The van der Waals surface area contributed by atoms with Gasteiger partial charge < -0.3 is 5.11 Å². The van der Waals surface area contributed by atoms with Crippen LogP contribution in [0.25, 0.3) is 0 Å². The van der Waals surface area contributed by atoms with Crippen molar-refractivity contribution < 1.29 is 9.90 Å². The van der Waals surface area contributed by atoms with Crippen molar-refractivity contribution in [3.05, 3.63) is 0 Å². The first-order valence-corrected chi connectivity index (χ1v) is 6.81. The van der Waals surface area contributed by atoms with Crippen molar-refractivity contribution in [2.24, 2.45) is 23.7 Å². The average Bonchev–Trinajstić information content (AvgIpc) is 2.25. The minimum absolute atomic E-state index is 0.0724. The molecule has 94 valence electrons. The van der Waals surface area contributed by atoms with E-state index in [9.17, 15) is 9.90 Å². The first-order chi connectivity index (χ1) is 7.58. The number of aliphatic carboxylic acids is 1. The van der Waals surface area contributed by atoms with Gasteiger partial charge in [0.15, 0.2) is 0 Å². The van der Waals surface area contributed by atoms with Gasteiger partial charge in [-0.1, -0.05) is 33.6 Å². The van der Waals surface area contributed by atoms with E-state index in [-0.39, 0.29) is 5.92 Å². The Balaban J connectivity index is 2.60. The van der Waals surface area contributed by atoms with Crippen LogP contribution in [0.3, 0.4) is 0 Å². The standard InChI is InChI=1S/C14H26O2/c1-4-11(5-2)9-12-8-10(3)6-7-13(12)14(15)16/h10-13H,4-9H2,1-3H3,(H,15,16). The lowest BCUT2D eigenvalue weighted by molar-refractivity contribution is -0.145. The Bertz CT molecular complexity index is 221. The first-order valence-electron chi connectivity index (χ1n) is 6.81. The van der Waals surface area contributed by atoms with Crippen LogP contribution in [0.15, 0.2) is 0 Å². The third kappa shape index (κ3) is 3.50. The fraction of sp³-hybridized carbons (Fsp3) is 0.929. The van der Waals surface area contributed by atoms with Crippen LogP contribution in [0, 0.1) is 23.7 Å². The molecule has 1 aliphatic carbocycles. The summed E-state index contributed by atoms with van der Waals surface area (Å²) in [5.74, 6) is 1.22. The van der Waals surface area contributed by atoms with E-state index in [1.807, 2.05) is 0 Å². The molecule has 1 rings (SSSR count). The van der Waals surface area contributed by atoms with Crippen LogP contribution in [0.2, 0.25) is 0 Å². The molecule has 0 amide bonds. The topological polar surface area (TPSA) is 37.3 Å². The molecule has 0 aliphatic heterocycles. The monoisotopic (exact) mass is 226 g/mol. The van der Waals surface area contributed by atoms with Crippen molar-refractivity contribution in [3.8, 4) is 0 Å². The number of carboxylic acids is 1. The summed E-state index contributed by atoms with van der Waals surface area (Å²) in [6.45, 7) is 6.70. The van der Waals surface area contributed by atoms with E-state index in [1.165, 1.54) is 12.8 Å². The fourth-order valence-corrected chi connectivity index (χ4v) is 3.13. The quantitative estimate of drug-likeness (QED) is 0.770.